The topological polar surface area (TPSA) is 83.1 Å². The van der Waals surface area contributed by atoms with Crippen molar-refractivity contribution in [1.29, 1.82) is 0 Å². The van der Waals surface area contributed by atoms with Gasteiger partial charge in [0.05, 0.1) is 39.6 Å². The van der Waals surface area contributed by atoms with E-state index < -0.39 is 68.5 Å². The molecule has 9 aromatic rings. The summed E-state index contributed by atoms with van der Waals surface area (Å²) in [5.74, 6) is 0. The standard InChI is InChI=1S/C74H74O9P.HI/c1-75-74-73(81-54-61-39-21-7-22-40-61)72(80-53-60-37-19-6-20-38-60)69(77-50-57-31-13-3-14-32-57)66(83-74)48-47-65-68(76-49-56-29-11-2-12-30-56)71(79-52-59-35-17-5-18-36-59)70(78-51-58-33-15-4-16-34-58)67(82-65)55-84(62-41-23-8-24-42-62,63-43-25-9-26-44-63)64-45-27-10-28-46-64;/h2-48,65-74H,49-55H2,1H3;1H/q+1;/p-1/b48-47-;/t65-,66+,67+,68-,69-,70-,71+,72-,73+,74-;/m0./s1. The van der Waals surface area contributed by atoms with Crippen molar-refractivity contribution in [3.8, 4) is 0 Å². The minimum atomic E-state index is -2.57. The van der Waals surface area contributed by atoms with Crippen molar-refractivity contribution in [2.45, 2.75) is 101 Å². The molecule has 436 valence electrons. The second-order valence-electron chi connectivity index (χ2n) is 21.3. The molecule has 0 N–H and O–H groups in total. The summed E-state index contributed by atoms with van der Waals surface area (Å²) in [6.07, 6.45) is -2.14. The van der Waals surface area contributed by atoms with E-state index in [4.69, 9.17) is 42.6 Å². The van der Waals surface area contributed by atoms with Crippen molar-refractivity contribution < 1.29 is 66.6 Å². The molecular weight excluding hydrogens is 1190 g/mol. The molecule has 2 fully saturated rings. The molecule has 0 spiro atoms. The van der Waals surface area contributed by atoms with Gasteiger partial charge < -0.3 is 66.6 Å². The molecule has 0 aromatic heterocycles. The number of benzene rings is 9. The molecule has 0 amide bonds. The smallest absolute Gasteiger partial charge is 0.186 e. The van der Waals surface area contributed by atoms with Crippen LogP contribution in [0, 0.1) is 0 Å². The van der Waals surface area contributed by atoms with Crippen LogP contribution in [0.1, 0.15) is 33.4 Å². The molecule has 11 heteroatoms. The molecule has 2 aliphatic heterocycles. The molecule has 11 rings (SSSR count). The summed E-state index contributed by atoms with van der Waals surface area (Å²) in [5.41, 5.74) is 6.11. The number of halogens is 1. The van der Waals surface area contributed by atoms with E-state index >= 15 is 0 Å². The van der Waals surface area contributed by atoms with E-state index in [1.807, 2.05) is 121 Å². The molecule has 10 atom stereocenters. The van der Waals surface area contributed by atoms with Gasteiger partial charge in [-0.05, 0) is 69.8 Å². The maximum Gasteiger partial charge on any atom is 0.186 e. The van der Waals surface area contributed by atoms with Gasteiger partial charge in [-0.15, -0.1) is 0 Å². The van der Waals surface area contributed by atoms with Gasteiger partial charge in [0.1, 0.15) is 84.3 Å². The van der Waals surface area contributed by atoms with Gasteiger partial charge in [-0.1, -0.05) is 249 Å². The number of rotatable bonds is 26. The van der Waals surface area contributed by atoms with Crippen molar-refractivity contribution in [1.82, 2.24) is 0 Å². The zero-order chi connectivity index (χ0) is 57.0. The molecule has 2 heterocycles. The Labute approximate surface area is 519 Å². The monoisotopic (exact) mass is 1260 g/mol. The molecule has 2 saturated heterocycles. The van der Waals surface area contributed by atoms with Gasteiger partial charge in [-0.2, -0.15) is 0 Å². The lowest BCUT2D eigenvalue weighted by Crippen LogP contribution is -3.00. The van der Waals surface area contributed by atoms with Crippen LogP contribution in [0.2, 0.25) is 0 Å². The molecule has 0 bridgehead atoms. The molecular formula is C74H74IO9P. The molecule has 9 nitrogen and oxygen atoms in total. The lowest BCUT2D eigenvalue weighted by atomic mass is 9.92. The number of hydrogen-bond donors (Lipinski definition) is 0. The third-order valence-corrected chi connectivity index (χ3v) is 20.1. The normalized spacial score (nSPS) is 22.4. The minimum Gasteiger partial charge on any atom is -1.00 e. The van der Waals surface area contributed by atoms with Gasteiger partial charge in [0, 0.05) is 7.11 Å². The van der Waals surface area contributed by atoms with Crippen LogP contribution in [0.4, 0.5) is 0 Å². The van der Waals surface area contributed by atoms with Gasteiger partial charge in [-0.3, -0.25) is 0 Å². The minimum absolute atomic E-state index is 0. The van der Waals surface area contributed by atoms with Crippen LogP contribution in [0.5, 0.6) is 0 Å². The van der Waals surface area contributed by atoms with Crippen LogP contribution in [0.3, 0.4) is 0 Å². The van der Waals surface area contributed by atoms with Crippen molar-refractivity contribution in [2.24, 2.45) is 0 Å². The zero-order valence-corrected chi connectivity index (χ0v) is 50.9. The Morgan fingerprint density at radius 2 is 0.553 bits per heavy atom. The first-order chi connectivity index (χ1) is 41.6. The van der Waals surface area contributed by atoms with E-state index in [9.17, 15) is 0 Å². The number of hydrogen-bond acceptors (Lipinski definition) is 9. The average Bonchev–Trinajstić information content (AvgIpc) is 2.16. The highest BCUT2D eigenvalue weighted by Gasteiger charge is 2.56. The van der Waals surface area contributed by atoms with Crippen LogP contribution in [0.25, 0.3) is 0 Å². The number of ether oxygens (including phenoxy) is 9. The summed E-state index contributed by atoms with van der Waals surface area (Å²) in [6.45, 7) is 1.82. The van der Waals surface area contributed by atoms with E-state index in [-0.39, 0.29) is 24.0 Å². The Balaban J connectivity index is 0.00000803. The summed E-state index contributed by atoms with van der Waals surface area (Å²) >= 11 is 0. The van der Waals surface area contributed by atoms with Gasteiger partial charge in [0.25, 0.3) is 0 Å². The largest absolute Gasteiger partial charge is 1.00 e. The fourth-order valence-corrected chi connectivity index (χ4v) is 15.9. The van der Waals surface area contributed by atoms with Gasteiger partial charge >= 0.3 is 0 Å². The van der Waals surface area contributed by atoms with E-state index in [2.05, 4.69) is 164 Å². The summed E-state index contributed by atoms with van der Waals surface area (Å²) in [7, 11) is -0.918. The van der Waals surface area contributed by atoms with Crippen molar-refractivity contribution >= 4 is 23.2 Å². The highest BCUT2D eigenvalue weighted by molar-refractivity contribution is 7.95. The van der Waals surface area contributed by atoms with Crippen LogP contribution >= 0.6 is 7.26 Å². The molecule has 9 aromatic carbocycles. The molecule has 0 unspecified atom stereocenters. The summed E-state index contributed by atoms with van der Waals surface area (Å²) in [6, 6.07) is 94.2. The third kappa shape index (κ3) is 16.1. The van der Waals surface area contributed by atoms with E-state index in [1.165, 1.54) is 15.9 Å². The van der Waals surface area contributed by atoms with E-state index in [0.717, 1.165) is 33.4 Å². The van der Waals surface area contributed by atoms with E-state index in [1.54, 1.807) is 7.11 Å². The Morgan fingerprint density at radius 3 is 0.859 bits per heavy atom. The maximum absolute atomic E-state index is 7.87. The Hall–Kier alpha value is -6.48. The first kappa shape index (κ1) is 61.6. The quantitative estimate of drug-likeness (QED) is 0.0299. The summed E-state index contributed by atoms with van der Waals surface area (Å²) in [4.78, 5) is 0. The first-order valence-corrected chi connectivity index (χ1v) is 31.1. The van der Waals surface area contributed by atoms with Crippen LogP contribution < -0.4 is 39.9 Å². The van der Waals surface area contributed by atoms with E-state index in [0.29, 0.717) is 45.8 Å². The highest BCUT2D eigenvalue weighted by Crippen LogP contribution is 2.57. The maximum atomic E-state index is 7.87. The molecule has 2 aliphatic rings. The molecule has 0 saturated carbocycles. The predicted octanol–water partition coefficient (Wildman–Crippen LogP) is 10.2. The predicted molar refractivity (Wildman–Crippen MR) is 334 cm³/mol. The lowest BCUT2D eigenvalue weighted by Gasteiger charge is -2.47. The van der Waals surface area contributed by atoms with Crippen LogP contribution in [0.15, 0.2) is 285 Å². The fourth-order valence-electron chi connectivity index (χ4n) is 11.5. The van der Waals surface area contributed by atoms with Gasteiger partial charge in [0.15, 0.2) is 6.29 Å². The molecule has 0 aliphatic carbocycles. The van der Waals surface area contributed by atoms with Crippen molar-refractivity contribution in [2.75, 3.05) is 13.3 Å². The molecule has 0 radical (unpaired) electrons. The zero-order valence-electron chi connectivity index (χ0n) is 47.9. The Kier molecular flexibility index (Phi) is 23.0. The Morgan fingerprint density at radius 1 is 0.306 bits per heavy atom. The molecule has 85 heavy (non-hydrogen) atoms. The fraction of sp³-hybridized carbons (Fsp3) is 0.243. The SMILES string of the molecule is CO[C@H]1O[C@H](/C=C\[C@@H]2O[C@H](C[P+](c3ccccc3)(c3ccccc3)c3ccccc3)[C@H](OCc3ccccc3)[C@H](OCc3ccccc3)[C@H]2OCc2ccccc2)[C@H](OCc2ccccc2)[C@H](OCc2ccccc2)[C@H]1OCc1ccccc1.[I-]. The van der Waals surface area contributed by atoms with Gasteiger partial charge in [0.2, 0.25) is 0 Å². The highest BCUT2D eigenvalue weighted by atomic mass is 127. The summed E-state index contributed by atoms with van der Waals surface area (Å²) in [5, 5.41) is 3.69. The van der Waals surface area contributed by atoms with Gasteiger partial charge in [-0.25, -0.2) is 0 Å². The van der Waals surface area contributed by atoms with Crippen molar-refractivity contribution in [3.63, 3.8) is 0 Å². The lowest BCUT2D eigenvalue weighted by molar-refractivity contribution is -0.309. The van der Waals surface area contributed by atoms with Crippen LogP contribution in [-0.4, -0.2) is 74.5 Å². The van der Waals surface area contributed by atoms with Crippen LogP contribution in [-0.2, 0) is 82.3 Å². The third-order valence-electron chi connectivity index (χ3n) is 15.7. The second kappa shape index (κ2) is 31.8. The number of methoxy groups -OCH3 is 1. The Bertz CT molecular complexity index is 3230. The average molecular weight is 1270 g/mol. The first-order valence-electron chi connectivity index (χ1n) is 29.1. The van der Waals surface area contributed by atoms with Crippen molar-refractivity contribution in [3.05, 3.63) is 319 Å². The second-order valence-corrected chi connectivity index (χ2v) is 24.8. The summed E-state index contributed by atoms with van der Waals surface area (Å²) < 4.78 is 64.4.